The molecule has 2 N–H and O–H groups in total. The number of benzene rings is 1. The molecule has 1 heterocycles. The van der Waals surface area contributed by atoms with Crippen molar-refractivity contribution in [1.29, 1.82) is 0 Å². The molecule has 0 aromatic heterocycles. The van der Waals surface area contributed by atoms with Crippen LogP contribution in [0.4, 0.5) is 5.69 Å². The lowest BCUT2D eigenvalue weighted by Gasteiger charge is -2.33. The van der Waals surface area contributed by atoms with E-state index >= 15 is 0 Å². The first kappa shape index (κ1) is 12.3. The summed E-state index contributed by atoms with van der Waals surface area (Å²) in [5, 5.41) is 0. The molecule has 1 unspecified atom stereocenters. The number of piperidine rings is 1. The van der Waals surface area contributed by atoms with Crippen LogP contribution in [-0.4, -0.2) is 10.8 Å². The SMILES string of the molecule is Nc1cccc(C2CCCCN2SP=S)c1. The minimum Gasteiger partial charge on any atom is -0.399 e. The van der Waals surface area contributed by atoms with Gasteiger partial charge in [-0.05, 0) is 53.9 Å². The van der Waals surface area contributed by atoms with Crippen LogP contribution < -0.4 is 5.73 Å². The highest BCUT2D eigenvalue weighted by atomic mass is 32.9. The van der Waals surface area contributed by atoms with Crippen LogP contribution >= 0.6 is 18.1 Å². The van der Waals surface area contributed by atoms with Gasteiger partial charge in [-0.25, -0.2) is 4.31 Å². The average molecular weight is 270 g/mol. The first-order chi connectivity index (χ1) is 7.81. The third-order valence-corrected chi connectivity index (χ3v) is 5.03. The molecule has 86 valence electrons. The third kappa shape index (κ3) is 2.95. The van der Waals surface area contributed by atoms with Gasteiger partial charge in [-0.15, -0.1) is 0 Å². The van der Waals surface area contributed by atoms with Crippen LogP contribution in [0, 0.1) is 0 Å². The second-order valence-electron chi connectivity index (χ2n) is 3.98. The lowest BCUT2D eigenvalue weighted by Crippen LogP contribution is -2.26. The van der Waals surface area contributed by atoms with Gasteiger partial charge in [0.15, 0.2) is 0 Å². The Bertz CT molecular complexity index is 373. The van der Waals surface area contributed by atoms with Crippen LogP contribution in [0.1, 0.15) is 30.9 Å². The third-order valence-electron chi connectivity index (χ3n) is 2.89. The largest absolute Gasteiger partial charge is 0.399 e. The molecule has 1 aromatic carbocycles. The lowest BCUT2D eigenvalue weighted by molar-refractivity contribution is 0.281. The van der Waals surface area contributed by atoms with Crippen LogP contribution in [0.3, 0.4) is 0 Å². The number of nitrogens with zero attached hydrogens (tertiary/aromatic N) is 1. The molecular formula is C11H15N2PS2. The fourth-order valence-electron chi connectivity index (χ4n) is 2.14. The van der Waals surface area contributed by atoms with E-state index in [1.54, 1.807) is 11.6 Å². The molecule has 1 saturated heterocycles. The van der Waals surface area contributed by atoms with Crippen molar-refractivity contribution in [2.45, 2.75) is 25.3 Å². The fourth-order valence-corrected chi connectivity index (χ4v) is 4.40. The number of hydrogen-bond acceptors (Lipinski definition) is 4. The predicted octanol–water partition coefficient (Wildman–Crippen LogP) is 3.77. The number of nitrogen functional groups attached to an aromatic ring is 1. The maximum atomic E-state index is 5.84. The smallest absolute Gasteiger partial charge is 0.0600 e. The van der Waals surface area contributed by atoms with E-state index in [-0.39, 0.29) is 0 Å². The van der Waals surface area contributed by atoms with Gasteiger partial charge in [0.05, 0.1) is 6.56 Å². The van der Waals surface area contributed by atoms with Crippen LogP contribution in [0.25, 0.3) is 0 Å². The highest BCUT2D eigenvalue weighted by Crippen LogP contribution is 2.39. The maximum Gasteiger partial charge on any atom is 0.0600 e. The van der Waals surface area contributed by atoms with Gasteiger partial charge in [0.2, 0.25) is 0 Å². The Morgan fingerprint density at radius 2 is 2.31 bits per heavy atom. The van der Waals surface area contributed by atoms with Gasteiger partial charge < -0.3 is 5.73 Å². The normalized spacial score (nSPS) is 22.4. The van der Waals surface area contributed by atoms with Crippen molar-refractivity contribution in [2.24, 2.45) is 0 Å². The molecule has 1 aromatic rings. The Morgan fingerprint density at radius 3 is 3.06 bits per heavy atom. The summed E-state index contributed by atoms with van der Waals surface area (Å²) < 4.78 is 2.41. The topological polar surface area (TPSA) is 29.3 Å². The van der Waals surface area contributed by atoms with E-state index in [1.807, 2.05) is 12.1 Å². The molecule has 16 heavy (non-hydrogen) atoms. The Kier molecular flexibility index (Phi) is 4.59. The monoisotopic (exact) mass is 270 g/mol. The second kappa shape index (κ2) is 5.97. The molecule has 2 rings (SSSR count). The summed E-state index contributed by atoms with van der Waals surface area (Å²) in [6.45, 7) is 2.09. The number of hydrogen-bond donors (Lipinski definition) is 1. The summed E-state index contributed by atoms with van der Waals surface area (Å²) in [4.78, 5) is 0. The Labute approximate surface area is 107 Å². The zero-order valence-electron chi connectivity index (χ0n) is 9.00. The van der Waals surface area contributed by atoms with Crippen molar-refractivity contribution in [3.63, 3.8) is 0 Å². The predicted molar refractivity (Wildman–Crippen MR) is 76.0 cm³/mol. The molecule has 0 aliphatic carbocycles. The van der Waals surface area contributed by atoms with Crippen molar-refractivity contribution in [3.8, 4) is 0 Å². The highest BCUT2D eigenvalue weighted by Gasteiger charge is 2.24. The number of anilines is 1. The second-order valence-corrected chi connectivity index (χ2v) is 7.04. The Hall–Kier alpha value is -0.150. The summed E-state index contributed by atoms with van der Waals surface area (Å²) >= 11 is 6.77. The van der Waals surface area contributed by atoms with Gasteiger partial charge in [-0.1, -0.05) is 18.6 Å². The minimum absolute atomic E-state index is 0.484. The summed E-state index contributed by atoms with van der Waals surface area (Å²) in [6.07, 6.45) is 3.78. The summed E-state index contributed by atoms with van der Waals surface area (Å²) in [6, 6.07) is 8.71. The van der Waals surface area contributed by atoms with Crippen LogP contribution in [0.2, 0.25) is 0 Å². The van der Waals surface area contributed by atoms with E-state index in [9.17, 15) is 0 Å². The first-order valence-corrected chi connectivity index (χ1v) is 8.72. The van der Waals surface area contributed by atoms with Crippen LogP contribution in [0.5, 0.6) is 0 Å². The van der Waals surface area contributed by atoms with Gasteiger partial charge in [-0.2, -0.15) is 0 Å². The van der Waals surface area contributed by atoms with Gasteiger partial charge in [0.25, 0.3) is 0 Å². The Morgan fingerprint density at radius 1 is 1.44 bits per heavy atom. The molecule has 0 bridgehead atoms. The van der Waals surface area contributed by atoms with Crippen molar-refractivity contribution >= 4 is 35.6 Å². The molecule has 1 aliphatic rings. The summed E-state index contributed by atoms with van der Waals surface area (Å²) in [5.74, 6) is 0. The molecule has 0 spiro atoms. The van der Waals surface area contributed by atoms with E-state index in [0.29, 0.717) is 6.04 Å². The quantitative estimate of drug-likeness (QED) is 0.514. The zero-order chi connectivity index (χ0) is 11.4. The molecule has 5 heteroatoms. The van der Waals surface area contributed by atoms with E-state index in [4.69, 9.17) is 17.5 Å². The van der Waals surface area contributed by atoms with Gasteiger partial charge in [0, 0.05) is 18.3 Å². The van der Waals surface area contributed by atoms with Crippen molar-refractivity contribution < 1.29 is 0 Å². The number of rotatable bonds is 3. The highest BCUT2D eigenvalue weighted by molar-refractivity contribution is 8.56. The minimum atomic E-state index is 0.484. The van der Waals surface area contributed by atoms with Crippen LogP contribution in [0.15, 0.2) is 24.3 Å². The van der Waals surface area contributed by atoms with E-state index < -0.39 is 0 Å². The van der Waals surface area contributed by atoms with Gasteiger partial charge >= 0.3 is 0 Å². The molecular weight excluding hydrogens is 255 g/mol. The molecule has 0 saturated carbocycles. The van der Waals surface area contributed by atoms with Gasteiger partial charge in [0.1, 0.15) is 0 Å². The standard InChI is InChI=1S/C11H15N2PS2/c12-10-5-3-4-9(8-10)11-6-1-2-7-13(11)16-14-15/h3-5,8,11H,1-2,6-7,12H2. The van der Waals surface area contributed by atoms with E-state index in [0.717, 1.165) is 18.8 Å². The van der Waals surface area contributed by atoms with Crippen molar-refractivity contribution in [3.05, 3.63) is 29.8 Å². The van der Waals surface area contributed by atoms with E-state index in [2.05, 4.69) is 16.4 Å². The zero-order valence-corrected chi connectivity index (χ0v) is 11.5. The molecule has 1 atom stereocenters. The van der Waals surface area contributed by atoms with Gasteiger partial charge in [-0.3, -0.25) is 0 Å². The van der Waals surface area contributed by atoms with Crippen molar-refractivity contribution in [1.82, 2.24) is 4.31 Å². The van der Waals surface area contributed by atoms with E-state index in [1.165, 1.54) is 24.8 Å². The number of nitrogens with two attached hydrogens (primary N) is 1. The summed E-state index contributed by atoms with van der Waals surface area (Å²) in [5.41, 5.74) is 8.01. The molecule has 1 aliphatic heterocycles. The van der Waals surface area contributed by atoms with Crippen LogP contribution in [-0.2, 0) is 11.8 Å². The first-order valence-electron chi connectivity index (χ1n) is 5.43. The lowest BCUT2D eigenvalue weighted by atomic mass is 9.97. The Balaban J connectivity index is 2.19. The van der Waals surface area contributed by atoms with Crippen molar-refractivity contribution in [2.75, 3.05) is 12.3 Å². The molecule has 2 nitrogen and oxygen atoms in total. The fraction of sp³-hybridized carbons (Fsp3) is 0.455. The average Bonchev–Trinajstić information content (AvgIpc) is 2.30. The molecule has 1 fully saturated rings. The summed E-state index contributed by atoms with van der Waals surface area (Å²) in [7, 11) is 0. The maximum absolute atomic E-state index is 5.84. The molecule has 0 amide bonds. The molecule has 0 radical (unpaired) electrons.